The Morgan fingerprint density at radius 2 is 0.867 bits per heavy atom. The van der Waals surface area contributed by atoms with Crippen molar-refractivity contribution in [2.24, 2.45) is 0 Å². The quantitative estimate of drug-likeness (QED) is 0.152. The van der Waals surface area contributed by atoms with Crippen LogP contribution in [0.1, 0.15) is 132 Å². The maximum atomic E-state index is 7.33. The van der Waals surface area contributed by atoms with E-state index in [0.29, 0.717) is 0 Å². The zero-order valence-corrected chi connectivity index (χ0v) is 38.6. The number of ether oxygens (including phenoxy) is 1. The van der Waals surface area contributed by atoms with Gasteiger partial charge in [0.25, 0.3) is 6.71 Å². The molecule has 6 aromatic carbocycles. The normalized spacial score (nSPS) is 14.3. The van der Waals surface area contributed by atoms with Gasteiger partial charge in [0.15, 0.2) is 0 Å². The first-order chi connectivity index (χ1) is 27.9. The van der Waals surface area contributed by atoms with Crippen LogP contribution in [0.4, 0.5) is 0 Å². The molecular weight excluding hydrogens is 727 g/mol. The summed E-state index contributed by atoms with van der Waals surface area (Å²) < 4.78 is 12.4. The highest BCUT2D eigenvalue weighted by Crippen LogP contribution is 2.44. The molecule has 0 atom stereocenters. The molecule has 0 aliphatic carbocycles. The summed E-state index contributed by atoms with van der Waals surface area (Å²) >= 11 is 0. The topological polar surface area (TPSA) is 19.1 Å². The molecule has 2 aliphatic heterocycles. The molecule has 0 saturated carbocycles. The Morgan fingerprint density at radius 3 is 1.43 bits per heavy atom. The number of rotatable bonds is 1. The third kappa shape index (κ3) is 5.76. The SMILES string of the molecule is CC(C)(C)c1ccc(-n2c3ccc(C(C)(C)C)cc3c3cc4c(cc32)Oc2cc(C(C)(C)C)cc3c2B4c2cc(C(C)(C)C)cc4c5cc(C(C)(C)C)ccc5n-3c24)cc1. The molecule has 2 aliphatic rings. The van der Waals surface area contributed by atoms with Crippen molar-refractivity contribution in [1.82, 2.24) is 9.13 Å². The van der Waals surface area contributed by atoms with Gasteiger partial charge in [-0.2, -0.15) is 0 Å². The van der Waals surface area contributed by atoms with Crippen LogP contribution in [0.15, 0.2) is 97.1 Å². The molecule has 0 radical (unpaired) electrons. The van der Waals surface area contributed by atoms with Gasteiger partial charge in [0.05, 0.1) is 16.6 Å². The summed E-state index contributed by atoms with van der Waals surface area (Å²) in [4.78, 5) is 0. The third-order valence-electron chi connectivity index (χ3n) is 13.7. The van der Waals surface area contributed by atoms with E-state index in [1.165, 1.54) is 93.5 Å². The molecule has 0 saturated heterocycles. The lowest BCUT2D eigenvalue weighted by Crippen LogP contribution is -2.58. The van der Waals surface area contributed by atoms with Crippen LogP contribution in [-0.4, -0.2) is 15.8 Å². The maximum Gasteiger partial charge on any atom is 0.256 e. The van der Waals surface area contributed by atoms with Gasteiger partial charge >= 0.3 is 0 Å². The second-order valence-electron chi connectivity index (χ2n) is 23.2. The van der Waals surface area contributed by atoms with Gasteiger partial charge in [-0.3, -0.25) is 0 Å². The van der Waals surface area contributed by atoms with Gasteiger partial charge in [-0.05, 0) is 126 Å². The van der Waals surface area contributed by atoms with E-state index in [-0.39, 0.29) is 33.8 Å². The first-order valence-electron chi connectivity index (χ1n) is 22.1. The van der Waals surface area contributed by atoms with Crippen molar-refractivity contribution in [2.45, 2.75) is 131 Å². The zero-order valence-electron chi connectivity index (χ0n) is 38.6. The summed E-state index contributed by atoms with van der Waals surface area (Å²) in [6, 6.07) is 38.2. The average molecular weight is 789 g/mol. The van der Waals surface area contributed by atoms with Gasteiger partial charge in [0, 0.05) is 44.5 Å². The fraction of sp³-hybridized carbons (Fsp3) is 0.357. The van der Waals surface area contributed by atoms with Crippen LogP contribution >= 0.6 is 0 Å². The first-order valence-corrected chi connectivity index (χ1v) is 22.1. The summed E-state index contributed by atoms with van der Waals surface area (Å²) in [7, 11) is 0. The fourth-order valence-electron chi connectivity index (χ4n) is 9.98. The lowest BCUT2D eigenvalue weighted by Gasteiger charge is -2.36. The first kappa shape index (κ1) is 39.0. The Morgan fingerprint density at radius 1 is 0.383 bits per heavy atom. The molecule has 4 heterocycles. The second kappa shape index (κ2) is 12.2. The van der Waals surface area contributed by atoms with Crippen molar-refractivity contribution < 1.29 is 4.74 Å². The minimum atomic E-state index is -0.0805. The molecule has 304 valence electrons. The number of aromatic nitrogens is 2. The van der Waals surface area contributed by atoms with Gasteiger partial charge in [-0.1, -0.05) is 140 Å². The number of hydrogen-bond acceptors (Lipinski definition) is 1. The van der Waals surface area contributed by atoms with Crippen molar-refractivity contribution in [3.05, 3.63) is 125 Å². The number of fused-ring (bicyclic) bond motifs is 10. The molecule has 0 N–H and O–H groups in total. The molecule has 3 nitrogen and oxygen atoms in total. The zero-order chi connectivity index (χ0) is 42.8. The Bertz CT molecular complexity index is 3120. The van der Waals surface area contributed by atoms with Crippen LogP contribution < -0.4 is 21.1 Å². The van der Waals surface area contributed by atoms with E-state index in [2.05, 4.69) is 210 Å². The van der Waals surface area contributed by atoms with Crippen molar-refractivity contribution >= 4 is 66.7 Å². The molecule has 2 aromatic heterocycles. The largest absolute Gasteiger partial charge is 0.458 e. The van der Waals surface area contributed by atoms with E-state index in [4.69, 9.17) is 4.74 Å². The predicted octanol–water partition coefficient (Wildman–Crippen LogP) is 13.3. The third-order valence-corrected chi connectivity index (χ3v) is 13.7. The minimum Gasteiger partial charge on any atom is -0.458 e. The van der Waals surface area contributed by atoms with E-state index in [1.54, 1.807) is 0 Å². The smallest absolute Gasteiger partial charge is 0.256 e. The highest BCUT2D eigenvalue weighted by atomic mass is 16.5. The highest BCUT2D eigenvalue weighted by Gasteiger charge is 2.43. The number of benzene rings is 6. The van der Waals surface area contributed by atoms with Crippen molar-refractivity contribution in [3.63, 3.8) is 0 Å². The van der Waals surface area contributed by atoms with E-state index in [0.717, 1.165) is 17.2 Å². The van der Waals surface area contributed by atoms with Crippen LogP contribution in [0.5, 0.6) is 11.5 Å². The fourth-order valence-corrected chi connectivity index (χ4v) is 9.98. The summed E-state index contributed by atoms with van der Waals surface area (Å²) in [6.45, 7) is 34.8. The van der Waals surface area contributed by atoms with Gasteiger partial charge in [0.1, 0.15) is 11.5 Å². The second-order valence-corrected chi connectivity index (χ2v) is 23.2. The molecule has 0 spiro atoms. The summed E-state index contributed by atoms with van der Waals surface area (Å²) in [5.41, 5.74) is 17.9. The highest BCUT2D eigenvalue weighted by molar-refractivity contribution is 6.99. The number of nitrogens with zero attached hydrogens (tertiary/aromatic N) is 2. The Kier molecular flexibility index (Phi) is 7.93. The molecule has 60 heavy (non-hydrogen) atoms. The van der Waals surface area contributed by atoms with Crippen LogP contribution in [0.2, 0.25) is 0 Å². The van der Waals surface area contributed by atoms with Crippen LogP contribution in [0.3, 0.4) is 0 Å². The minimum absolute atomic E-state index is 0.00358. The molecule has 8 aromatic rings. The Labute approximate surface area is 357 Å². The number of hydrogen-bond donors (Lipinski definition) is 0. The maximum absolute atomic E-state index is 7.33. The summed E-state index contributed by atoms with van der Waals surface area (Å²) in [5, 5.41) is 5.21. The molecule has 0 bridgehead atoms. The van der Waals surface area contributed by atoms with Crippen LogP contribution in [0, 0.1) is 0 Å². The summed E-state index contributed by atoms with van der Waals surface area (Å²) in [5.74, 6) is 1.91. The molecule has 10 rings (SSSR count). The molecule has 4 heteroatoms. The monoisotopic (exact) mass is 788 g/mol. The summed E-state index contributed by atoms with van der Waals surface area (Å²) in [6.07, 6.45) is 0. The van der Waals surface area contributed by atoms with Crippen molar-refractivity contribution in [2.75, 3.05) is 0 Å². The van der Waals surface area contributed by atoms with E-state index < -0.39 is 0 Å². The Balaban J connectivity index is 1.34. The predicted molar refractivity (Wildman–Crippen MR) is 260 cm³/mol. The van der Waals surface area contributed by atoms with Crippen LogP contribution in [0.25, 0.3) is 55.0 Å². The van der Waals surface area contributed by atoms with E-state index in [1.807, 2.05) is 0 Å². The molecule has 0 unspecified atom stereocenters. The molecule has 0 amide bonds. The molecular formula is C56H61BN2O. The van der Waals surface area contributed by atoms with E-state index >= 15 is 0 Å². The van der Waals surface area contributed by atoms with Gasteiger partial charge in [-0.25, -0.2) is 0 Å². The van der Waals surface area contributed by atoms with E-state index in [9.17, 15) is 0 Å². The molecule has 0 fully saturated rings. The van der Waals surface area contributed by atoms with Gasteiger partial charge in [-0.15, -0.1) is 0 Å². The lowest BCUT2D eigenvalue weighted by molar-refractivity contribution is 0.483. The standard InChI is InChI=1S/C56H61BN2O/c1-52(2,3)32-16-20-37(21-17-32)58-44-22-18-33(53(4,5)6)24-38(44)40-30-42-48(31-46(40)58)60-49-29-36(56(13,14)15)28-47-50(49)57(42)43-27-35(55(10,11)12)26-41-39-25-34(54(7,8)9)19-23-45(39)59(47)51(41)43/h16-31H,1-15H3. The Hall–Kier alpha value is -5.22. The van der Waals surface area contributed by atoms with Gasteiger partial charge < -0.3 is 13.9 Å². The average Bonchev–Trinajstić information content (AvgIpc) is 3.65. The van der Waals surface area contributed by atoms with Crippen molar-refractivity contribution in [1.29, 1.82) is 0 Å². The lowest BCUT2D eigenvalue weighted by atomic mass is 9.34. The van der Waals surface area contributed by atoms with Gasteiger partial charge in [0.2, 0.25) is 0 Å². The van der Waals surface area contributed by atoms with Crippen molar-refractivity contribution in [3.8, 4) is 22.9 Å². The van der Waals surface area contributed by atoms with Crippen LogP contribution in [-0.2, 0) is 27.1 Å².